The Balaban J connectivity index is 1.67. The van der Waals surface area contributed by atoms with Gasteiger partial charge in [0, 0.05) is 44.9 Å². The Labute approximate surface area is 159 Å². The zero-order valence-electron chi connectivity index (χ0n) is 15.4. The van der Waals surface area contributed by atoms with E-state index in [-0.39, 0.29) is 28.7 Å². The molecule has 2 aliphatic rings. The van der Waals surface area contributed by atoms with E-state index in [2.05, 4.69) is 11.1 Å². The number of aromatic nitrogens is 1. The summed E-state index contributed by atoms with van der Waals surface area (Å²) in [6.45, 7) is 5.09. The molecule has 0 radical (unpaired) electrons. The second-order valence-electron chi connectivity index (χ2n) is 7.41. The van der Waals surface area contributed by atoms with Crippen molar-refractivity contribution in [1.29, 1.82) is 0 Å². The first-order valence-corrected chi connectivity index (χ1v) is 10.6. The van der Waals surface area contributed by atoms with E-state index >= 15 is 0 Å². The molecule has 0 bridgehead atoms. The molecule has 1 aromatic heterocycles. The molecule has 142 valence electrons. The second-order valence-corrected chi connectivity index (χ2v) is 9.35. The first kappa shape index (κ1) is 18.1. The molecule has 0 unspecified atom stereocenters. The number of amides is 1. The molecule has 2 fully saturated rings. The molecule has 3 atom stereocenters. The number of rotatable bonds is 3. The maximum absolute atomic E-state index is 13.0. The highest BCUT2D eigenvalue weighted by Gasteiger charge is 2.51. The largest absolute Gasteiger partial charge is 0.335 e. The predicted molar refractivity (Wildman–Crippen MR) is 101 cm³/mol. The lowest BCUT2D eigenvalue weighted by Gasteiger charge is -2.30. The van der Waals surface area contributed by atoms with Crippen LogP contribution in [-0.4, -0.2) is 48.1 Å². The van der Waals surface area contributed by atoms with Crippen LogP contribution in [0.25, 0.3) is 0 Å². The van der Waals surface area contributed by atoms with Crippen LogP contribution in [0.2, 0.25) is 0 Å². The topological polar surface area (TPSA) is 70.6 Å². The van der Waals surface area contributed by atoms with E-state index in [1.165, 1.54) is 6.20 Å². The van der Waals surface area contributed by atoms with Gasteiger partial charge in [0.1, 0.15) is 4.90 Å². The minimum absolute atomic E-state index is 0.0410. The first-order valence-electron chi connectivity index (χ1n) is 9.12. The smallest absolute Gasteiger partial charge is 0.244 e. The first-order chi connectivity index (χ1) is 12.9. The average Bonchev–Trinajstić information content (AvgIpc) is 3.22. The van der Waals surface area contributed by atoms with Crippen molar-refractivity contribution in [2.75, 3.05) is 19.6 Å². The van der Waals surface area contributed by atoms with Crippen LogP contribution in [0.1, 0.15) is 24.1 Å². The van der Waals surface area contributed by atoms with Crippen LogP contribution in [0.5, 0.6) is 0 Å². The molecular formula is C20H23N3O3S. The normalized spacial score (nSPS) is 25.6. The highest BCUT2D eigenvalue weighted by atomic mass is 32.2. The van der Waals surface area contributed by atoms with Crippen LogP contribution in [0.4, 0.5) is 0 Å². The minimum Gasteiger partial charge on any atom is -0.335 e. The Morgan fingerprint density at radius 1 is 1.11 bits per heavy atom. The van der Waals surface area contributed by atoms with Crippen LogP contribution in [0, 0.1) is 18.8 Å². The number of likely N-dealkylation sites (tertiary alicyclic amines) is 1. The number of hydrogen-bond donors (Lipinski definition) is 0. The van der Waals surface area contributed by atoms with Gasteiger partial charge in [-0.05, 0) is 36.1 Å². The van der Waals surface area contributed by atoms with Gasteiger partial charge in [-0.2, -0.15) is 4.31 Å². The number of benzene rings is 1. The minimum atomic E-state index is -3.57. The summed E-state index contributed by atoms with van der Waals surface area (Å²) in [5, 5.41) is 0. The zero-order chi connectivity index (χ0) is 19.2. The monoisotopic (exact) mass is 385 g/mol. The summed E-state index contributed by atoms with van der Waals surface area (Å²) in [5.74, 6) is 0.283. The molecule has 1 aromatic carbocycles. The lowest BCUT2D eigenvalue weighted by atomic mass is 9.87. The lowest BCUT2D eigenvalue weighted by Crippen LogP contribution is -2.36. The Morgan fingerprint density at radius 2 is 1.89 bits per heavy atom. The summed E-state index contributed by atoms with van der Waals surface area (Å²) in [5.41, 5.74) is 2.24. The maximum atomic E-state index is 13.0. The molecule has 0 aliphatic carbocycles. The fraction of sp³-hybridized carbons (Fsp3) is 0.400. The molecule has 3 heterocycles. The molecule has 0 saturated carbocycles. The molecule has 7 heteroatoms. The summed E-state index contributed by atoms with van der Waals surface area (Å²) in [7, 11) is -3.57. The number of carbonyl (C=O) groups excluding carboxylic acids is 1. The van der Waals surface area contributed by atoms with Gasteiger partial charge < -0.3 is 4.90 Å². The van der Waals surface area contributed by atoms with Gasteiger partial charge in [-0.1, -0.05) is 24.3 Å². The summed E-state index contributed by atoms with van der Waals surface area (Å²) < 4.78 is 27.6. The molecule has 0 spiro atoms. The molecular weight excluding hydrogens is 362 g/mol. The molecule has 0 N–H and O–H groups in total. The quantitative estimate of drug-likeness (QED) is 0.812. The number of hydrogen-bond acceptors (Lipinski definition) is 4. The molecule has 6 nitrogen and oxygen atoms in total. The van der Waals surface area contributed by atoms with Gasteiger partial charge in [-0.3, -0.25) is 9.78 Å². The van der Waals surface area contributed by atoms with E-state index in [0.29, 0.717) is 19.6 Å². The van der Waals surface area contributed by atoms with Crippen LogP contribution in [0.15, 0.2) is 53.7 Å². The maximum Gasteiger partial charge on any atom is 0.244 e. The summed E-state index contributed by atoms with van der Waals surface area (Å²) in [6.07, 6.45) is 2.96. The van der Waals surface area contributed by atoms with Crippen molar-refractivity contribution in [2.24, 2.45) is 11.8 Å². The van der Waals surface area contributed by atoms with Gasteiger partial charge in [0.2, 0.25) is 15.9 Å². The molecule has 1 amide bonds. The summed E-state index contributed by atoms with van der Waals surface area (Å²) in [4.78, 5) is 18.3. The highest BCUT2D eigenvalue weighted by Crippen LogP contribution is 2.46. The van der Waals surface area contributed by atoms with E-state index in [9.17, 15) is 13.2 Å². The SMILES string of the molecule is CC(=O)N1C[C@H]2CN(S(=O)(=O)c3cccnc3)C[C@H]2[C@@H]1c1ccccc1C. The lowest BCUT2D eigenvalue weighted by molar-refractivity contribution is -0.130. The van der Waals surface area contributed by atoms with Crippen molar-refractivity contribution in [3.8, 4) is 0 Å². The average molecular weight is 385 g/mol. The van der Waals surface area contributed by atoms with Crippen LogP contribution >= 0.6 is 0 Å². The third kappa shape index (κ3) is 3.04. The summed E-state index contributed by atoms with van der Waals surface area (Å²) in [6, 6.07) is 11.2. The van der Waals surface area contributed by atoms with Crippen molar-refractivity contribution < 1.29 is 13.2 Å². The number of sulfonamides is 1. The van der Waals surface area contributed by atoms with Crippen molar-refractivity contribution in [3.05, 3.63) is 59.9 Å². The number of nitrogens with zero attached hydrogens (tertiary/aromatic N) is 3. The fourth-order valence-corrected chi connectivity index (χ4v) is 5.99. The Bertz CT molecular complexity index is 961. The Hall–Kier alpha value is -2.25. The van der Waals surface area contributed by atoms with E-state index < -0.39 is 10.0 Å². The van der Waals surface area contributed by atoms with Gasteiger partial charge in [-0.25, -0.2) is 8.42 Å². The van der Waals surface area contributed by atoms with Crippen molar-refractivity contribution >= 4 is 15.9 Å². The standard InChI is InChI=1S/C20H23N3O3S/c1-14-6-3-4-8-18(14)20-19-13-22(11-16(19)12-23(20)15(2)24)27(25,26)17-7-5-9-21-10-17/h3-10,16,19-20H,11-13H2,1-2H3/t16-,19-,20+/m1/s1. The zero-order valence-corrected chi connectivity index (χ0v) is 16.3. The summed E-state index contributed by atoms with van der Waals surface area (Å²) >= 11 is 0. The number of aryl methyl sites for hydroxylation is 1. The fourth-order valence-electron chi connectivity index (χ4n) is 4.49. The Kier molecular flexibility index (Phi) is 4.52. The van der Waals surface area contributed by atoms with Gasteiger partial charge in [0.15, 0.2) is 0 Å². The number of carbonyl (C=O) groups is 1. The predicted octanol–water partition coefficient (Wildman–Crippen LogP) is 2.23. The molecule has 2 aliphatic heterocycles. The van der Waals surface area contributed by atoms with Gasteiger partial charge in [-0.15, -0.1) is 0 Å². The van der Waals surface area contributed by atoms with Crippen molar-refractivity contribution in [1.82, 2.24) is 14.2 Å². The van der Waals surface area contributed by atoms with Crippen LogP contribution < -0.4 is 0 Å². The molecule has 27 heavy (non-hydrogen) atoms. The highest BCUT2D eigenvalue weighted by molar-refractivity contribution is 7.89. The van der Waals surface area contributed by atoms with E-state index in [1.54, 1.807) is 29.6 Å². The third-order valence-electron chi connectivity index (χ3n) is 5.81. The van der Waals surface area contributed by atoms with Crippen LogP contribution in [0.3, 0.4) is 0 Å². The van der Waals surface area contributed by atoms with E-state index in [4.69, 9.17) is 0 Å². The second kappa shape index (κ2) is 6.73. The van der Waals surface area contributed by atoms with E-state index in [0.717, 1.165) is 11.1 Å². The van der Waals surface area contributed by atoms with Crippen LogP contribution in [-0.2, 0) is 14.8 Å². The molecule has 4 rings (SSSR count). The molecule has 2 aromatic rings. The third-order valence-corrected chi connectivity index (χ3v) is 7.63. The number of pyridine rings is 1. The van der Waals surface area contributed by atoms with Gasteiger partial charge >= 0.3 is 0 Å². The van der Waals surface area contributed by atoms with Crippen molar-refractivity contribution in [2.45, 2.75) is 24.8 Å². The van der Waals surface area contributed by atoms with Crippen molar-refractivity contribution in [3.63, 3.8) is 0 Å². The van der Waals surface area contributed by atoms with E-state index in [1.807, 2.05) is 30.0 Å². The Morgan fingerprint density at radius 3 is 2.56 bits per heavy atom. The van der Waals surface area contributed by atoms with Gasteiger partial charge in [0.05, 0.1) is 6.04 Å². The molecule has 2 saturated heterocycles. The number of fused-ring (bicyclic) bond motifs is 1. The van der Waals surface area contributed by atoms with Gasteiger partial charge in [0.25, 0.3) is 0 Å².